The van der Waals surface area contributed by atoms with E-state index in [0.29, 0.717) is 24.2 Å². The Bertz CT molecular complexity index is 773. The Morgan fingerprint density at radius 3 is 2.78 bits per heavy atom. The SMILES string of the molecule is Cc1ccc(F)c(NC(=O)c2cccc(N3CCCC3=O)c2)c1. The molecule has 1 N–H and O–H groups in total. The van der Waals surface area contributed by atoms with E-state index in [-0.39, 0.29) is 11.6 Å². The molecule has 0 aromatic heterocycles. The van der Waals surface area contributed by atoms with E-state index in [9.17, 15) is 14.0 Å². The van der Waals surface area contributed by atoms with Crippen molar-refractivity contribution in [3.8, 4) is 0 Å². The van der Waals surface area contributed by atoms with Crippen LogP contribution in [0.5, 0.6) is 0 Å². The summed E-state index contributed by atoms with van der Waals surface area (Å²) < 4.78 is 13.8. The van der Waals surface area contributed by atoms with Crippen molar-refractivity contribution in [2.75, 3.05) is 16.8 Å². The van der Waals surface area contributed by atoms with Gasteiger partial charge in [0, 0.05) is 24.2 Å². The fourth-order valence-corrected chi connectivity index (χ4v) is 2.67. The minimum absolute atomic E-state index is 0.0623. The lowest BCUT2D eigenvalue weighted by atomic mass is 10.1. The second-order valence-corrected chi connectivity index (χ2v) is 5.64. The molecule has 0 radical (unpaired) electrons. The van der Waals surface area contributed by atoms with Gasteiger partial charge < -0.3 is 10.2 Å². The van der Waals surface area contributed by atoms with Crippen molar-refractivity contribution < 1.29 is 14.0 Å². The van der Waals surface area contributed by atoms with E-state index in [1.54, 1.807) is 41.3 Å². The third-order valence-corrected chi connectivity index (χ3v) is 3.86. The molecule has 4 nitrogen and oxygen atoms in total. The summed E-state index contributed by atoms with van der Waals surface area (Å²) in [7, 11) is 0. The second-order valence-electron chi connectivity index (χ2n) is 5.64. The molecular weight excluding hydrogens is 295 g/mol. The second kappa shape index (κ2) is 6.20. The zero-order valence-corrected chi connectivity index (χ0v) is 12.8. The highest BCUT2D eigenvalue weighted by molar-refractivity contribution is 6.05. The Labute approximate surface area is 133 Å². The first-order valence-electron chi connectivity index (χ1n) is 7.52. The average molecular weight is 312 g/mol. The molecule has 118 valence electrons. The molecular formula is C18H17FN2O2. The smallest absolute Gasteiger partial charge is 0.255 e. The molecule has 0 unspecified atom stereocenters. The molecule has 1 saturated heterocycles. The van der Waals surface area contributed by atoms with Gasteiger partial charge in [-0.3, -0.25) is 9.59 Å². The van der Waals surface area contributed by atoms with Crippen molar-refractivity contribution in [2.24, 2.45) is 0 Å². The first kappa shape index (κ1) is 15.2. The summed E-state index contributed by atoms with van der Waals surface area (Å²) in [6.45, 7) is 2.49. The number of hydrogen-bond acceptors (Lipinski definition) is 2. The summed E-state index contributed by atoms with van der Waals surface area (Å²) in [6, 6.07) is 11.4. The van der Waals surface area contributed by atoms with E-state index < -0.39 is 11.7 Å². The van der Waals surface area contributed by atoms with Crippen LogP contribution in [0.1, 0.15) is 28.8 Å². The van der Waals surface area contributed by atoms with E-state index in [2.05, 4.69) is 5.32 Å². The molecule has 0 spiro atoms. The molecule has 3 rings (SSSR count). The van der Waals surface area contributed by atoms with E-state index in [1.165, 1.54) is 6.07 Å². The van der Waals surface area contributed by atoms with E-state index >= 15 is 0 Å². The molecule has 1 heterocycles. The van der Waals surface area contributed by atoms with Crippen LogP contribution in [0.15, 0.2) is 42.5 Å². The first-order valence-corrected chi connectivity index (χ1v) is 7.52. The predicted octanol–water partition coefficient (Wildman–Crippen LogP) is 3.51. The number of rotatable bonds is 3. The minimum Gasteiger partial charge on any atom is -0.319 e. The van der Waals surface area contributed by atoms with Gasteiger partial charge in [0.15, 0.2) is 0 Å². The molecule has 5 heteroatoms. The zero-order chi connectivity index (χ0) is 16.4. The Morgan fingerprint density at radius 1 is 1.22 bits per heavy atom. The van der Waals surface area contributed by atoms with Crippen molar-refractivity contribution in [2.45, 2.75) is 19.8 Å². The number of benzene rings is 2. The maximum atomic E-state index is 13.8. The molecule has 2 amide bonds. The normalized spacial score (nSPS) is 14.2. The lowest BCUT2D eigenvalue weighted by Gasteiger charge is -2.16. The lowest BCUT2D eigenvalue weighted by molar-refractivity contribution is -0.117. The first-order chi connectivity index (χ1) is 11.0. The van der Waals surface area contributed by atoms with E-state index in [0.717, 1.165) is 12.0 Å². The predicted molar refractivity (Wildman–Crippen MR) is 87.1 cm³/mol. The number of aryl methyl sites for hydroxylation is 1. The Morgan fingerprint density at radius 2 is 2.04 bits per heavy atom. The number of amides is 2. The number of carbonyl (C=O) groups excluding carboxylic acids is 2. The molecule has 0 atom stereocenters. The van der Waals surface area contributed by atoms with Gasteiger partial charge in [-0.2, -0.15) is 0 Å². The van der Waals surface area contributed by atoms with Crippen molar-refractivity contribution in [3.63, 3.8) is 0 Å². The lowest BCUT2D eigenvalue weighted by Crippen LogP contribution is -2.24. The van der Waals surface area contributed by atoms with Crippen LogP contribution >= 0.6 is 0 Å². The molecule has 0 bridgehead atoms. The largest absolute Gasteiger partial charge is 0.319 e. The van der Waals surface area contributed by atoms with Gasteiger partial charge in [-0.25, -0.2) is 4.39 Å². The Balaban J connectivity index is 1.82. The van der Waals surface area contributed by atoms with Crippen LogP contribution in [0.2, 0.25) is 0 Å². The van der Waals surface area contributed by atoms with E-state index in [1.807, 2.05) is 6.92 Å². The van der Waals surface area contributed by atoms with Crippen molar-refractivity contribution in [1.29, 1.82) is 0 Å². The molecule has 23 heavy (non-hydrogen) atoms. The van der Waals surface area contributed by atoms with Crippen LogP contribution in [0.3, 0.4) is 0 Å². The molecule has 0 saturated carbocycles. The highest BCUT2D eigenvalue weighted by Crippen LogP contribution is 2.23. The number of carbonyl (C=O) groups is 2. The van der Waals surface area contributed by atoms with Crippen LogP contribution in [0, 0.1) is 12.7 Å². The molecule has 2 aromatic carbocycles. The molecule has 1 aliphatic heterocycles. The standard InChI is InChI=1S/C18H17FN2O2/c1-12-7-8-15(19)16(10-12)20-18(23)13-4-2-5-14(11-13)21-9-3-6-17(21)22/h2,4-5,7-8,10-11H,3,6,9H2,1H3,(H,20,23). The summed E-state index contributed by atoms with van der Waals surface area (Å²) in [5.74, 6) is -0.815. The van der Waals surface area contributed by atoms with Crippen LogP contribution in [-0.2, 0) is 4.79 Å². The van der Waals surface area contributed by atoms with Gasteiger partial charge in [-0.05, 0) is 49.2 Å². The quantitative estimate of drug-likeness (QED) is 0.943. The topological polar surface area (TPSA) is 49.4 Å². The van der Waals surface area contributed by atoms with Gasteiger partial charge in [0.2, 0.25) is 5.91 Å². The zero-order valence-electron chi connectivity index (χ0n) is 12.8. The number of hydrogen-bond donors (Lipinski definition) is 1. The van der Waals surface area contributed by atoms with Gasteiger partial charge in [0.25, 0.3) is 5.91 Å². The maximum Gasteiger partial charge on any atom is 0.255 e. The van der Waals surface area contributed by atoms with Crippen molar-refractivity contribution >= 4 is 23.2 Å². The molecule has 1 fully saturated rings. The highest BCUT2D eigenvalue weighted by Gasteiger charge is 2.22. The van der Waals surface area contributed by atoms with Crippen LogP contribution in [0.4, 0.5) is 15.8 Å². The van der Waals surface area contributed by atoms with Crippen LogP contribution < -0.4 is 10.2 Å². The summed E-state index contributed by atoms with van der Waals surface area (Å²) in [6.07, 6.45) is 1.36. The van der Waals surface area contributed by atoms with Gasteiger partial charge in [-0.1, -0.05) is 12.1 Å². The molecule has 2 aromatic rings. The van der Waals surface area contributed by atoms with Gasteiger partial charge in [0.1, 0.15) is 5.82 Å². The molecule has 1 aliphatic rings. The number of anilines is 2. The number of nitrogens with zero attached hydrogens (tertiary/aromatic N) is 1. The van der Waals surface area contributed by atoms with Crippen LogP contribution in [-0.4, -0.2) is 18.4 Å². The number of halogens is 1. The Hall–Kier alpha value is -2.69. The monoisotopic (exact) mass is 312 g/mol. The van der Waals surface area contributed by atoms with Gasteiger partial charge in [0.05, 0.1) is 5.69 Å². The van der Waals surface area contributed by atoms with Gasteiger partial charge >= 0.3 is 0 Å². The maximum absolute atomic E-state index is 13.8. The molecule has 0 aliphatic carbocycles. The summed E-state index contributed by atoms with van der Waals surface area (Å²) in [5.41, 5.74) is 2.10. The van der Waals surface area contributed by atoms with Crippen molar-refractivity contribution in [1.82, 2.24) is 0 Å². The Kier molecular flexibility index (Phi) is 4.10. The third kappa shape index (κ3) is 3.23. The van der Waals surface area contributed by atoms with E-state index in [4.69, 9.17) is 0 Å². The third-order valence-electron chi connectivity index (χ3n) is 3.86. The van der Waals surface area contributed by atoms with Crippen LogP contribution in [0.25, 0.3) is 0 Å². The fraction of sp³-hybridized carbons (Fsp3) is 0.222. The summed E-state index contributed by atoms with van der Waals surface area (Å²) in [4.78, 5) is 25.8. The summed E-state index contributed by atoms with van der Waals surface area (Å²) >= 11 is 0. The minimum atomic E-state index is -0.477. The fourth-order valence-electron chi connectivity index (χ4n) is 2.67. The summed E-state index contributed by atoms with van der Waals surface area (Å²) in [5, 5.41) is 2.58. The highest BCUT2D eigenvalue weighted by atomic mass is 19.1. The van der Waals surface area contributed by atoms with Gasteiger partial charge in [-0.15, -0.1) is 0 Å². The van der Waals surface area contributed by atoms with Crippen molar-refractivity contribution in [3.05, 3.63) is 59.4 Å². The average Bonchev–Trinajstić information content (AvgIpc) is 2.97. The number of nitrogens with one attached hydrogen (secondary N) is 1.